The molecule has 0 saturated carbocycles. The molecule has 1 saturated heterocycles. The number of benzene rings is 2. The van der Waals surface area contributed by atoms with Gasteiger partial charge in [0.1, 0.15) is 22.1 Å². The highest BCUT2D eigenvalue weighted by Crippen LogP contribution is 2.36. The zero-order valence-electron chi connectivity index (χ0n) is 18.8. The maximum Gasteiger partial charge on any atom is 0.203 e. The van der Waals surface area contributed by atoms with Crippen molar-refractivity contribution in [2.75, 3.05) is 6.54 Å². The number of hydrogen-bond acceptors (Lipinski definition) is 6. The number of para-hydroxylation sites is 1. The van der Waals surface area contributed by atoms with E-state index in [0.29, 0.717) is 51.9 Å². The molecule has 0 spiro atoms. The van der Waals surface area contributed by atoms with Crippen LogP contribution in [0.5, 0.6) is 5.75 Å². The monoisotopic (exact) mass is 448 g/mol. The third kappa shape index (κ3) is 3.51. The Bertz CT molecular complexity index is 1340. The lowest BCUT2D eigenvalue weighted by Crippen LogP contribution is -2.36. The van der Waals surface area contributed by atoms with Crippen LogP contribution in [0.1, 0.15) is 50.0 Å². The molecule has 166 valence electrons. The second kappa shape index (κ2) is 8.34. The number of nitrogens with zero attached hydrogens (tertiary/aromatic N) is 2. The van der Waals surface area contributed by atoms with Crippen molar-refractivity contribution in [3.63, 3.8) is 0 Å². The van der Waals surface area contributed by atoms with Crippen LogP contribution in [0.2, 0.25) is 0 Å². The maximum atomic E-state index is 13.8. The van der Waals surface area contributed by atoms with E-state index in [4.69, 9.17) is 9.40 Å². The standard InChI is InChI=1S/C26H28N2O3S/c1-4-20-22(26-27-19-10-5-6-11-21(19)32-26)24(30)18-13-17(23(29)16(3)25(18)31-20)14-28-12-8-7-9-15(28)2/h5-6,10-11,13,15,29H,4,7-9,12,14H2,1-3H3. The van der Waals surface area contributed by atoms with Crippen LogP contribution in [0.3, 0.4) is 0 Å². The van der Waals surface area contributed by atoms with Crippen molar-refractivity contribution in [1.29, 1.82) is 0 Å². The predicted octanol–water partition coefficient (Wildman–Crippen LogP) is 6.02. The Morgan fingerprint density at radius 2 is 2.09 bits per heavy atom. The molecule has 1 aliphatic rings. The first-order chi connectivity index (χ1) is 15.5. The van der Waals surface area contributed by atoms with Gasteiger partial charge in [-0.05, 0) is 51.4 Å². The highest BCUT2D eigenvalue weighted by molar-refractivity contribution is 7.21. The van der Waals surface area contributed by atoms with Gasteiger partial charge in [0.15, 0.2) is 0 Å². The van der Waals surface area contributed by atoms with Gasteiger partial charge in [0.25, 0.3) is 0 Å². The molecule has 5 rings (SSSR count). The summed E-state index contributed by atoms with van der Waals surface area (Å²) in [5.74, 6) is 0.842. The van der Waals surface area contributed by atoms with Gasteiger partial charge in [0, 0.05) is 30.1 Å². The van der Waals surface area contributed by atoms with E-state index in [9.17, 15) is 9.90 Å². The van der Waals surface area contributed by atoms with Gasteiger partial charge < -0.3 is 9.52 Å². The highest BCUT2D eigenvalue weighted by Gasteiger charge is 2.24. The van der Waals surface area contributed by atoms with Crippen LogP contribution in [0.4, 0.5) is 0 Å². The summed E-state index contributed by atoms with van der Waals surface area (Å²) >= 11 is 1.51. The van der Waals surface area contributed by atoms with Gasteiger partial charge in [-0.3, -0.25) is 9.69 Å². The molecular weight excluding hydrogens is 420 g/mol. The average molecular weight is 449 g/mol. The number of aromatic nitrogens is 1. The molecule has 2 aromatic carbocycles. The van der Waals surface area contributed by atoms with Crippen LogP contribution in [0.25, 0.3) is 31.8 Å². The minimum atomic E-state index is -0.0711. The minimum Gasteiger partial charge on any atom is -0.507 e. The Hall–Kier alpha value is -2.70. The Morgan fingerprint density at radius 3 is 2.84 bits per heavy atom. The molecule has 1 aliphatic heterocycles. The summed E-state index contributed by atoms with van der Waals surface area (Å²) in [6, 6.07) is 10.2. The van der Waals surface area contributed by atoms with Gasteiger partial charge >= 0.3 is 0 Å². The molecule has 0 radical (unpaired) electrons. The van der Waals surface area contributed by atoms with Gasteiger partial charge in [0.05, 0.1) is 21.2 Å². The van der Waals surface area contributed by atoms with Gasteiger partial charge in [-0.25, -0.2) is 4.98 Å². The van der Waals surface area contributed by atoms with Gasteiger partial charge in [-0.1, -0.05) is 25.5 Å². The van der Waals surface area contributed by atoms with E-state index in [0.717, 1.165) is 28.7 Å². The zero-order chi connectivity index (χ0) is 22.4. The van der Waals surface area contributed by atoms with Crippen LogP contribution in [-0.2, 0) is 13.0 Å². The molecule has 1 atom stereocenters. The number of rotatable bonds is 4. The van der Waals surface area contributed by atoms with Crippen molar-refractivity contribution >= 4 is 32.5 Å². The van der Waals surface area contributed by atoms with Crippen molar-refractivity contribution in [2.45, 2.75) is 59.0 Å². The number of aromatic hydroxyl groups is 1. The van der Waals surface area contributed by atoms with Gasteiger partial charge in [-0.15, -0.1) is 11.3 Å². The highest BCUT2D eigenvalue weighted by atomic mass is 32.1. The summed E-state index contributed by atoms with van der Waals surface area (Å²) in [6.07, 6.45) is 4.15. The van der Waals surface area contributed by atoms with Crippen LogP contribution in [-0.4, -0.2) is 27.6 Å². The molecule has 1 fully saturated rings. The van der Waals surface area contributed by atoms with E-state index < -0.39 is 0 Å². The molecule has 1 N–H and O–H groups in total. The van der Waals surface area contributed by atoms with Crippen molar-refractivity contribution in [3.8, 4) is 16.3 Å². The first kappa shape index (κ1) is 21.2. The first-order valence-electron chi connectivity index (χ1n) is 11.4. The van der Waals surface area contributed by atoms with Crippen LogP contribution < -0.4 is 5.43 Å². The lowest BCUT2D eigenvalue weighted by atomic mass is 9.99. The van der Waals surface area contributed by atoms with E-state index >= 15 is 0 Å². The molecule has 0 aliphatic carbocycles. The minimum absolute atomic E-state index is 0.0711. The smallest absolute Gasteiger partial charge is 0.203 e. The van der Waals surface area contributed by atoms with Gasteiger partial charge in [0.2, 0.25) is 5.43 Å². The first-order valence-corrected chi connectivity index (χ1v) is 12.2. The third-order valence-corrected chi connectivity index (χ3v) is 7.74. The van der Waals surface area contributed by atoms with E-state index in [-0.39, 0.29) is 11.2 Å². The summed E-state index contributed by atoms with van der Waals surface area (Å²) in [5, 5.41) is 12.2. The van der Waals surface area contributed by atoms with Crippen molar-refractivity contribution in [2.24, 2.45) is 0 Å². The molecule has 1 unspecified atom stereocenters. The number of aryl methyl sites for hydroxylation is 2. The average Bonchev–Trinajstić information content (AvgIpc) is 3.22. The topological polar surface area (TPSA) is 66.6 Å². The molecule has 4 aromatic rings. The lowest BCUT2D eigenvalue weighted by Gasteiger charge is -2.33. The Labute approximate surface area is 191 Å². The molecule has 32 heavy (non-hydrogen) atoms. The number of piperidine rings is 1. The second-order valence-electron chi connectivity index (χ2n) is 8.77. The van der Waals surface area contributed by atoms with Crippen LogP contribution >= 0.6 is 11.3 Å². The van der Waals surface area contributed by atoms with E-state index in [1.165, 1.54) is 24.2 Å². The van der Waals surface area contributed by atoms with Gasteiger partial charge in [-0.2, -0.15) is 0 Å². The Kier molecular flexibility index (Phi) is 5.51. The molecule has 3 heterocycles. The number of thiazole rings is 1. The molecule has 6 heteroatoms. The summed E-state index contributed by atoms with van der Waals surface area (Å²) < 4.78 is 7.29. The normalized spacial score (nSPS) is 17.4. The molecule has 5 nitrogen and oxygen atoms in total. The van der Waals surface area contributed by atoms with Crippen molar-refractivity contribution in [3.05, 3.63) is 57.4 Å². The molecule has 0 amide bonds. The molecule has 0 bridgehead atoms. The fourth-order valence-corrected chi connectivity index (χ4v) is 5.80. The third-order valence-electron chi connectivity index (χ3n) is 6.68. The number of phenolic OH excluding ortho intramolecular Hbond substituents is 1. The van der Waals surface area contributed by atoms with E-state index in [1.54, 1.807) is 0 Å². The Balaban J connectivity index is 1.69. The molecule has 2 aromatic heterocycles. The predicted molar refractivity (Wildman–Crippen MR) is 131 cm³/mol. The lowest BCUT2D eigenvalue weighted by molar-refractivity contribution is 0.151. The second-order valence-corrected chi connectivity index (χ2v) is 9.80. The summed E-state index contributed by atoms with van der Waals surface area (Å²) in [6.45, 7) is 7.69. The van der Waals surface area contributed by atoms with Crippen LogP contribution in [0.15, 0.2) is 39.5 Å². The Morgan fingerprint density at radius 1 is 1.28 bits per heavy atom. The number of hydrogen-bond donors (Lipinski definition) is 1. The fraction of sp³-hybridized carbons (Fsp3) is 0.385. The SMILES string of the molecule is CCc1oc2c(C)c(O)c(CN3CCCCC3C)cc2c(=O)c1-c1nc2ccccc2s1. The summed E-state index contributed by atoms with van der Waals surface area (Å²) in [5.41, 5.74) is 3.25. The number of phenols is 1. The van der Waals surface area contributed by atoms with Crippen molar-refractivity contribution in [1.82, 2.24) is 9.88 Å². The molecular formula is C26H28N2O3S. The largest absolute Gasteiger partial charge is 0.507 e. The summed E-state index contributed by atoms with van der Waals surface area (Å²) in [7, 11) is 0. The maximum absolute atomic E-state index is 13.8. The fourth-order valence-electron chi connectivity index (χ4n) is 4.77. The van der Waals surface area contributed by atoms with Crippen molar-refractivity contribution < 1.29 is 9.52 Å². The number of likely N-dealkylation sites (tertiary alicyclic amines) is 1. The summed E-state index contributed by atoms with van der Waals surface area (Å²) in [4.78, 5) is 20.9. The zero-order valence-corrected chi connectivity index (χ0v) is 19.6. The number of fused-ring (bicyclic) bond motifs is 2. The van der Waals surface area contributed by atoms with E-state index in [2.05, 4.69) is 11.8 Å². The quantitative estimate of drug-likeness (QED) is 0.413. The van der Waals surface area contributed by atoms with E-state index in [1.807, 2.05) is 44.2 Å². The van der Waals surface area contributed by atoms with Crippen LogP contribution in [0, 0.1) is 6.92 Å².